The smallest absolute Gasteiger partial charge is 0.225 e. The molecule has 0 heterocycles. The van der Waals surface area contributed by atoms with E-state index in [2.05, 4.69) is 10.2 Å². The van der Waals surface area contributed by atoms with E-state index in [1.54, 1.807) is 25.1 Å². The summed E-state index contributed by atoms with van der Waals surface area (Å²) in [5.41, 5.74) is 0.515. The first-order valence-electron chi connectivity index (χ1n) is 6.96. The summed E-state index contributed by atoms with van der Waals surface area (Å²) >= 11 is 11.9. The van der Waals surface area contributed by atoms with Crippen LogP contribution in [-0.2, 0) is 4.79 Å². The summed E-state index contributed by atoms with van der Waals surface area (Å²) in [4.78, 5) is 14.0. The van der Waals surface area contributed by atoms with Gasteiger partial charge in [-0.15, -0.1) is 0 Å². The second kappa shape index (κ2) is 8.59. The second-order valence-electron chi connectivity index (χ2n) is 5.36. The molecule has 1 atom stereocenters. The summed E-state index contributed by atoms with van der Waals surface area (Å²) in [6.07, 6.45) is -0.0915. The van der Waals surface area contributed by atoms with Crippen LogP contribution in [0.3, 0.4) is 0 Å². The molecule has 6 heteroatoms. The summed E-state index contributed by atoms with van der Waals surface area (Å²) in [5.74, 6) is -0.129. The number of nitrogens with one attached hydrogen (secondary N) is 1. The Labute approximate surface area is 136 Å². The van der Waals surface area contributed by atoms with Crippen LogP contribution in [0.4, 0.5) is 5.69 Å². The molecule has 0 bridgehead atoms. The molecule has 1 amide bonds. The zero-order valence-electron chi connectivity index (χ0n) is 12.6. The fourth-order valence-corrected chi connectivity index (χ4v) is 2.29. The van der Waals surface area contributed by atoms with Crippen LogP contribution in [0.1, 0.15) is 27.2 Å². The number of amides is 1. The van der Waals surface area contributed by atoms with Crippen molar-refractivity contribution in [2.45, 2.75) is 39.3 Å². The highest BCUT2D eigenvalue weighted by Crippen LogP contribution is 2.25. The van der Waals surface area contributed by atoms with Gasteiger partial charge in [0.2, 0.25) is 5.91 Å². The fraction of sp³-hybridized carbons (Fsp3) is 0.533. The lowest BCUT2D eigenvalue weighted by Crippen LogP contribution is -2.38. The van der Waals surface area contributed by atoms with Crippen LogP contribution < -0.4 is 5.32 Å². The van der Waals surface area contributed by atoms with Crippen LogP contribution >= 0.6 is 23.2 Å². The molecule has 0 aromatic heterocycles. The molecule has 1 aromatic rings. The summed E-state index contributed by atoms with van der Waals surface area (Å²) < 4.78 is 0. The molecule has 0 spiro atoms. The first-order chi connectivity index (χ1) is 9.79. The van der Waals surface area contributed by atoms with Crippen molar-refractivity contribution in [2.75, 3.05) is 18.4 Å². The number of benzene rings is 1. The van der Waals surface area contributed by atoms with Crippen molar-refractivity contribution < 1.29 is 9.90 Å². The van der Waals surface area contributed by atoms with Gasteiger partial charge in [-0.05, 0) is 39.0 Å². The van der Waals surface area contributed by atoms with Crippen molar-refractivity contribution >= 4 is 34.8 Å². The van der Waals surface area contributed by atoms with Crippen LogP contribution in [0.15, 0.2) is 18.2 Å². The number of hydrogen-bond acceptors (Lipinski definition) is 3. The largest absolute Gasteiger partial charge is 0.392 e. The molecular formula is C15H22Cl2N2O2. The lowest BCUT2D eigenvalue weighted by molar-refractivity contribution is -0.116. The molecule has 0 saturated heterocycles. The highest BCUT2D eigenvalue weighted by molar-refractivity contribution is 6.35. The number of aliphatic hydroxyl groups excluding tert-OH is 1. The van der Waals surface area contributed by atoms with Crippen molar-refractivity contribution in [1.82, 2.24) is 4.90 Å². The van der Waals surface area contributed by atoms with Gasteiger partial charge in [-0.1, -0.05) is 23.2 Å². The van der Waals surface area contributed by atoms with Crippen molar-refractivity contribution in [2.24, 2.45) is 0 Å². The van der Waals surface area contributed by atoms with Gasteiger partial charge in [-0.25, -0.2) is 0 Å². The number of anilines is 1. The number of carbonyl (C=O) groups excluding carboxylic acids is 1. The predicted octanol–water partition coefficient (Wildman–Crippen LogP) is 3.41. The molecule has 0 aliphatic heterocycles. The van der Waals surface area contributed by atoms with Gasteiger partial charge in [0.25, 0.3) is 0 Å². The molecule has 0 aliphatic carbocycles. The predicted molar refractivity (Wildman–Crippen MR) is 88.1 cm³/mol. The van der Waals surface area contributed by atoms with Crippen molar-refractivity contribution in [3.05, 3.63) is 28.2 Å². The van der Waals surface area contributed by atoms with Crippen molar-refractivity contribution in [3.63, 3.8) is 0 Å². The number of carbonyl (C=O) groups is 1. The lowest BCUT2D eigenvalue weighted by atomic mass is 10.2. The molecular weight excluding hydrogens is 311 g/mol. The molecule has 0 fully saturated rings. The third kappa shape index (κ3) is 6.66. The van der Waals surface area contributed by atoms with E-state index in [9.17, 15) is 9.90 Å². The third-order valence-corrected chi connectivity index (χ3v) is 3.62. The van der Waals surface area contributed by atoms with Crippen LogP contribution in [0.5, 0.6) is 0 Å². The van der Waals surface area contributed by atoms with Gasteiger partial charge in [-0.2, -0.15) is 0 Å². The molecule has 118 valence electrons. The first kappa shape index (κ1) is 18.2. The standard InChI is InChI=1S/C15H22Cl2N2O2/c1-10(2)19(9-11(3)20)7-6-15(21)18-14-8-12(16)4-5-13(14)17/h4-5,8,10-11,20H,6-7,9H2,1-3H3,(H,18,21). The van der Waals surface area contributed by atoms with E-state index in [4.69, 9.17) is 23.2 Å². The average molecular weight is 333 g/mol. The second-order valence-corrected chi connectivity index (χ2v) is 6.20. The maximum Gasteiger partial charge on any atom is 0.225 e. The Morgan fingerprint density at radius 1 is 1.33 bits per heavy atom. The summed E-state index contributed by atoms with van der Waals surface area (Å²) in [5, 5.41) is 13.2. The zero-order valence-corrected chi connectivity index (χ0v) is 14.1. The maximum atomic E-state index is 12.0. The molecule has 1 rings (SSSR count). The first-order valence-corrected chi connectivity index (χ1v) is 7.72. The molecule has 2 N–H and O–H groups in total. The highest BCUT2D eigenvalue weighted by atomic mass is 35.5. The summed E-state index contributed by atoms with van der Waals surface area (Å²) in [7, 11) is 0. The Kier molecular flexibility index (Phi) is 7.46. The topological polar surface area (TPSA) is 52.6 Å². The maximum absolute atomic E-state index is 12.0. The van der Waals surface area contributed by atoms with Crippen LogP contribution in [0, 0.1) is 0 Å². The quantitative estimate of drug-likeness (QED) is 0.804. The van der Waals surface area contributed by atoms with E-state index in [1.165, 1.54) is 0 Å². The van der Waals surface area contributed by atoms with E-state index < -0.39 is 6.10 Å². The SMILES string of the molecule is CC(O)CN(CCC(=O)Nc1cc(Cl)ccc1Cl)C(C)C. The van der Waals surface area contributed by atoms with E-state index >= 15 is 0 Å². The normalized spacial score (nSPS) is 12.8. The molecule has 1 aromatic carbocycles. The van der Waals surface area contributed by atoms with E-state index in [1.807, 2.05) is 13.8 Å². The monoisotopic (exact) mass is 332 g/mol. The lowest BCUT2D eigenvalue weighted by Gasteiger charge is -2.27. The minimum Gasteiger partial charge on any atom is -0.392 e. The van der Waals surface area contributed by atoms with Crippen molar-refractivity contribution in [1.29, 1.82) is 0 Å². The third-order valence-electron chi connectivity index (χ3n) is 3.06. The van der Waals surface area contributed by atoms with Gasteiger partial charge in [-0.3, -0.25) is 9.69 Å². The Balaban J connectivity index is 2.55. The number of rotatable bonds is 7. The van der Waals surface area contributed by atoms with Crippen molar-refractivity contribution in [3.8, 4) is 0 Å². The minimum atomic E-state index is -0.419. The van der Waals surface area contributed by atoms with Gasteiger partial charge >= 0.3 is 0 Å². The highest BCUT2D eigenvalue weighted by Gasteiger charge is 2.14. The van der Waals surface area contributed by atoms with Gasteiger partial charge < -0.3 is 10.4 Å². The molecule has 21 heavy (non-hydrogen) atoms. The molecule has 4 nitrogen and oxygen atoms in total. The van der Waals surface area contributed by atoms with Crippen LogP contribution in [-0.4, -0.2) is 41.1 Å². The fourth-order valence-electron chi connectivity index (χ4n) is 1.95. The molecule has 0 radical (unpaired) electrons. The summed E-state index contributed by atoms with van der Waals surface area (Å²) in [6.45, 7) is 6.93. The van der Waals surface area contributed by atoms with E-state index in [0.717, 1.165) is 0 Å². The van der Waals surface area contributed by atoms with Gasteiger partial charge in [0.15, 0.2) is 0 Å². The van der Waals surface area contributed by atoms with E-state index in [0.29, 0.717) is 35.2 Å². The molecule has 0 aliphatic rings. The molecule has 1 unspecified atom stereocenters. The van der Waals surface area contributed by atoms with E-state index in [-0.39, 0.29) is 11.9 Å². The number of halogens is 2. The van der Waals surface area contributed by atoms with Crippen LogP contribution in [0.2, 0.25) is 10.0 Å². The van der Waals surface area contributed by atoms with Gasteiger partial charge in [0, 0.05) is 30.6 Å². The summed E-state index contributed by atoms with van der Waals surface area (Å²) in [6, 6.07) is 5.20. The van der Waals surface area contributed by atoms with Crippen LogP contribution in [0.25, 0.3) is 0 Å². The number of hydrogen-bond donors (Lipinski definition) is 2. The number of nitrogens with zero attached hydrogens (tertiary/aromatic N) is 1. The Morgan fingerprint density at radius 2 is 2.00 bits per heavy atom. The minimum absolute atomic E-state index is 0.129. The average Bonchev–Trinajstić information content (AvgIpc) is 2.38. The Hall–Kier alpha value is -0.810. The van der Waals surface area contributed by atoms with Gasteiger partial charge in [0.1, 0.15) is 0 Å². The molecule has 0 saturated carbocycles. The number of aliphatic hydroxyl groups is 1. The van der Waals surface area contributed by atoms with Gasteiger partial charge in [0.05, 0.1) is 16.8 Å². The Morgan fingerprint density at radius 3 is 2.57 bits per heavy atom. The Bertz CT molecular complexity index is 479. The zero-order chi connectivity index (χ0) is 16.0.